The number of aryl methyl sites for hydroxylation is 1. The predicted molar refractivity (Wildman–Crippen MR) is 140 cm³/mol. The monoisotopic (exact) mass is 490 g/mol. The van der Waals surface area contributed by atoms with Gasteiger partial charge in [0, 0.05) is 42.3 Å². The van der Waals surface area contributed by atoms with Crippen LogP contribution < -0.4 is 5.32 Å². The van der Waals surface area contributed by atoms with Crippen molar-refractivity contribution >= 4 is 17.7 Å². The Balaban J connectivity index is 1.42. The van der Waals surface area contributed by atoms with Crippen molar-refractivity contribution in [2.75, 3.05) is 0 Å². The Labute approximate surface area is 214 Å². The molecule has 7 nitrogen and oxygen atoms in total. The van der Waals surface area contributed by atoms with E-state index in [1.807, 2.05) is 55.6 Å². The van der Waals surface area contributed by atoms with Crippen molar-refractivity contribution < 1.29 is 14.4 Å². The minimum Gasteiger partial charge on any atom is -0.327 e. The molecule has 0 aliphatic carbocycles. The standard InChI is InChI=1S/C30H26N4O3/c1-18-8-6-7-11-22(18)27-26(19-9-4-3-5-10-19)32-28(33(27)2)20-12-13-23-21(16-20)17-34(30(23)37)24-14-15-25(35)31-29(24)36/h3-13,16,24H,14-15,17H2,1-2H3,(H,31,35,36). The summed E-state index contributed by atoms with van der Waals surface area (Å²) in [5.74, 6) is -0.0773. The quantitative estimate of drug-likeness (QED) is 0.427. The number of imide groups is 1. The fourth-order valence-electron chi connectivity index (χ4n) is 5.41. The first-order valence-corrected chi connectivity index (χ1v) is 12.4. The van der Waals surface area contributed by atoms with Crippen LogP contribution in [-0.4, -0.2) is 38.2 Å². The van der Waals surface area contributed by atoms with Gasteiger partial charge in [-0.05, 0) is 36.6 Å². The number of carbonyl (C=O) groups excluding carboxylic acids is 3. The molecular formula is C30H26N4O3. The van der Waals surface area contributed by atoms with Crippen LogP contribution in [0.5, 0.6) is 0 Å². The van der Waals surface area contributed by atoms with Gasteiger partial charge in [0.25, 0.3) is 5.91 Å². The number of rotatable bonds is 4. The molecule has 3 amide bonds. The van der Waals surface area contributed by atoms with E-state index in [0.29, 0.717) is 18.5 Å². The van der Waals surface area contributed by atoms with E-state index in [1.165, 1.54) is 0 Å². The number of fused-ring (bicyclic) bond motifs is 1. The van der Waals surface area contributed by atoms with Crippen molar-refractivity contribution in [3.8, 4) is 33.9 Å². The molecule has 6 rings (SSSR count). The van der Waals surface area contributed by atoms with Gasteiger partial charge in [-0.15, -0.1) is 0 Å². The fourth-order valence-corrected chi connectivity index (χ4v) is 5.41. The second-order valence-corrected chi connectivity index (χ2v) is 9.64. The van der Waals surface area contributed by atoms with E-state index in [9.17, 15) is 14.4 Å². The van der Waals surface area contributed by atoms with Crippen LogP contribution in [0.4, 0.5) is 0 Å². The Bertz CT molecular complexity index is 1570. The third-order valence-corrected chi connectivity index (χ3v) is 7.32. The van der Waals surface area contributed by atoms with Crippen LogP contribution in [0, 0.1) is 6.92 Å². The number of hydrogen-bond acceptors (Lipinski definition) is 4. The summed E-state index contributed by atoms with van der Waals surface area (Å²) in [4.78, 5) is 43.8. The molecule has 3 heterocycles. The average Bonchev–Trinajstić information content (AvgIpc) is 3.41. The van der Waals surface area contributed by atoms with E-state index in [1.54, 1.807) is 4.90 Å². The highest BCUT2D eigenvalue weighted by Gasteiger charge is 2.39. The Morgan fingerprint density at radius 3 is 2.41 bits per heavy atom. The van der Waals surface area contributed by atoms with Crippen molar-refractivity contribution in [2.24, 2.45) is 7.05 Å². The van der Waals surface area contributed by atoms with Gasteiger partial charge in [0.2, 0.25) is 11.8 Å². The lowest BCUT2D eigenvalue weighted by atomic mass is 10.0. The Kier molecular flexibility index (Phi) is 5.48. The molecule has 37 heavy (non-hydrogen) atoms. The highest BCUT2D eigenvalue weighted by Crippen LogP contribution is 2.38. The highest BCUT2D eigenvalue weighted by molar-refractivity contribution is 6.05. The summed E-state index contributed by atoms with van der Waals surface area (Å²) in [5.41, 5.74) is 7.57. The number of nitrogens with one attached hydrogen (secondary N) is 1. The summed E-state index contributed by atoms with van der Waals surface area (Å²) in [6.07, 6.45) is 0.579. The molecule has 0 bridgehead atoms. The van der Waals surface area contributed by atoms with E-state index in [4.69, 9.17) is 4.98 Å². The number of hydrogen-bond donors (Lipinski definition) is 1. The van der Waals surface area contributed by atoms with Crippen molar-refractivity contribution in [3.63, 3.8) is 0 Å². The molecule has 1 N–H and O–H groups in total. The zero-order valence-corrected chi connectivity index (χ0v) is 20.7. The minimum absolute atomic E-state index is 0.179. The molecule has 0 radical (unpaired) electrons. The van der Waals surface area contributed by atoms with Crippen LogP contribution in [0.3, 0.4) is 0 Å². The average molecular weight is 491 g/mol. The van der Waals surface area contributed by atoms with Crippen LogP contribution in [0.1, 0.15) is 34.3 Å². The SMILES string of the molecule is Cc1ccccc1-c1c(-c2ccccc2)nc(-c2ccc3c(c2)CN(C2CCC(=O)NC2=O)C3=O)n1C. The smallest absolute Gasteiger partial charge is 0.255 e. The van der Waals surface area contributed by atoms with Crippen LogP contribution in [0.25, 0.3) is 33.9 Å². The molecule has 1 aromatic heterocycles. The molecule has 184 valence electrons. The number of amides is 3. The van der Waals surface area contributed by atoms with Gasteiger partial charge >= 0.3 is 0 Å². The maximum atomic E-state index is 13.1. The first kappa shape index (κ1) is 22.9. The van der Waals surface area contributed by atoms with Crippen molar-refractivity contribution in [1.29, 1.82) is 0 Å². The Morgan fingerprint density at radius 1 is 0.892 bits per heavy atom. The fraction of sp³-hybridized carbons (Fsp3) is 0.200. The van der Waals surface area contributed by atoms with Crippen LogP contribution >= 0.6 is 0 Å². The van der Waals surface area contributed by atoms with Gasteiger partial charge in [-0.3, -0.25) is 19.7 Å². The van der Waals surface area contributed by atoms with E-state index >= 15 is 0 Å². The minimum atomic E-state index is -0.633. The van der Waals surface area contributed by atoms with E-state index in [0.717, 1.165) is 45.0 Å². The second-order valence-electron chi connectivity index (χ2n) is 9.64. The van der Waals surface area contributed by atoms with Gasteiger partial charge in [-0.2, -0.15) is 0 Å². The number of piperidine rings is 1. The molecule has 3 aromatic carbocycles. The molecule has 2 aliphatic heterocycles. The number of benzene rings is 3. The van der Waals surface area contributed by atoms with Crippen LogP contribution in [0.15, 0.2) is 72.8 Å². The van der Waals surface area contributed by atoms with E-state index in [2.05, 4.69) is 41.1 Å². The molecular weight excluding hydrogens is 464 g/mol. The molecule has 0 spiro atoms. The largest absolute Gasteiger partial charge is 0.327 e. The molecule has 1 unspecified atom stereocenters. The van der Waals surface area contributed by atoms with Gasteiger partial charge in [0.15, 0.2) is 0 Å². The molecule has 0 saturated carbocycles. The topological polar surface area (TPSA) is 84.3 Å². The van der Waals surface area contributed by atoms with Crippen LogP contribution in [-0.2, 0) is 23.2 Å². The first-order chi connectivity index (χ1) is 17.9. The zero-order valence-electron chi connectivity index (χ0n) is 20.7. The van der Waals surface area contributed by atoms with Crippen molar-refractivity contribution in [1.82, 2.24) is 19.8 Å². The van der Waals surface area contributed by atoms with Gasteiger partial charge in [0.05, 0.1) is 11.4 Å². The van der Waals surface area contributed by atoms with Crippen molar-refractivity contribution in [2.45, 2.75) is 32.4 Å². The Morgan fingerprint density at radius 2 is 1.65 bits per heavy atom. The summed E-state index contributed by atoms with van der Waals surface area (Å²) in [7, 11) is 2.02. The van der Waals surface area contributed by atoms with Gasteiger partial charge in [-0.1, -0.05) is 60.7 Å². The number of aromatic nitrogens is 2. The summed E-state index contributed by atoms with van der Waals surface area (Å²) in [6.45, 7) is 2.43. The van der Waals surface area contributed by atoms with E-state index in [-0.39, 0.29) is 18.2 Å². The van der Waals surface area contributed by atoms with Gasteiger partial charge in [-0.25, -0.2) is 4.98 Å². The number of nitrogens with zero attached hydrogens (tertiary/aromatic N) is 3. The molecule has 4 aromatic rings. The summed E-state index contributed by atoms with van der Waals surface area (Å²) >= 11 is 0. The molecule has 2 aliphatic rings. The lowest BCUT2D eigenvalue weighted by Gasteiger charge is -2.29. The zero-order chi connectivity index (χ0) is 25.7. The third-order valence-electron chi connectivity index (χ3n) is 7.32. The maximum Gasteiger partial charge on any atom is 0.255 e. The number of imidazole rings is 1. The third kappa shape index (κ3) is 3.83. The predicted octanol–water partition coefficient (Wildman–Crippen LogP) is 4.49. The first-order valence-electron chi connectivity index (χ1n) is 12.4. The summed E-state index contributed by atoms with van der Waals surface area (Å²) < 4.78 is 2.11. The van der Waals surface area contributed by atoms with Gasteiger partial charge < -0.3 is 9.47 Å². The number of carbonyl (C=O) groups is 3. The lowest BCUT2D eigenvalue weighted by molar-refractivity contribution is -0.136. The molecule has 1 fully saturated rings. The lowest BCUT2D eigenvalue weighted by Crippen LogP contribution is -2.52. The summed E-state index contributed by atoms with van der Waals surface area (Å²) in [6, 6.07) is 23.5. The molecule has 1 atom stereocenters. The Hall–Kier alpha value is -4.52. The highest BCUT2D eigenvalue weighted by atomic mass is 16.2. The second kappa shape index (κ2) is 8.85. The van der Waals surface area contributed by atoms with Crippen LogP contribution in [0.2, 0.25) is 0 Å². The summed E-state index contributed by atoms with van der Waals surface area (Å²) in [5, 5.41) is 2.36. The normalized spacial score (nSPS) is 17.2. The van der Waals surface area contributed by atoms with Gasteiger partial charge in [0.1, 0.15) is 11.9 Å². The molecule has 1 saturated heterocycles. The maximum absolute atomic E-state index is 13.1. The van der Waals surface area contributed by atoms with Crippen molar-refractivity contribution in [3.05, 3.63) is 89.5 Å². The molecule has 7 heteroatoms. The van der Waals surface area contributed by atoms with E-state index < -0.39 is 11.9 Å².